The minimum atomic E-state index is -0.544. The van der Waals surface area contributed by atoms with Gasteiger partial charge in [0.15, 0.2) is 0 Å². The molecule has 0 radical (unpaired) electrons. The Hall–Kier alpha value is -0.310. The molecule has 1 N–H and O–H groups in total. The van der Waals surface area contributed by atoms with Crippen LogP contribution in [-0.2, 0) is 0 Å². The predicted octanol–water partition coefficient (Wildman–Crippen LogP) is 4.25. The van der Waals surface area contributed by atoms with Gasteiger partial charge in [0, 0.05) is 10.0 Å². The lowest BCUT2D eigenvalue weighted by molar-refractivity contribution is 0.212. The first-order valence-electron chi connectivity index (χ1n) is 5.01. The van der Waals surface area contributed by atoms with E-state index in [1.165, 1.54) is 0 Å². The third-order valence-corrected chi connectivity index (χ3v) is 4.01. The van der Waals surface area contributed by atoms with E-state index in [1.807, 2.05) is 18.2 Å². The summed E-state index contributed by atoms with van der Waals surface area (Å²) in [5, 5.41) is 10.8. The third-order valence-electron chi connectivity index (χ3n) is 2.70. The lowest BCUT2D eigenvalue weighted by atomic mass is 10.0. The highest BCUT2D eigenvalue weighted by molar-refractivity contribution is 9.10. The summed E-state index contributed by atoms with van der Waals surface area (Å²) >= 11 is 9.49. The number of benzene rings is 1. The molecule has 0 aliphatic heterocycles. The summed E-state index contributed by atoms with van der Waals surface area (Å²) in [7, 11) is 0. The van der Waals surface area contributed by atoms with Crippen molar-refractivity contribution in [2.24, 2.45) is 0 Å². The first kappa shape index (κ1) is 11.2. The van der Waals surface area contributed by atoms with Gasteiger partial charge >= 0.3 is 0 Å². The van der Waals surface area contributed by atoms with E-state index >= 15 is 0 Å². The van der Waals surface area contributed by atoms with Crippen molar-refractivity contribution in [2.75, 3.05) is 0 Å². The zero-order valence-electron chi connectivity index (χ0n) is 8.21. The number of halogens is 2. The number of rotatable bonds is 2. The molecule has 1 unspecified atom stereocenters. The number of aliphatic hydroxyl groups excluding tert-OH is 1. The van der Waals surface area contributed by atoms with E-state index in [0.717, 1.165) is 34.9 Å². The van der Waals surface area contributed by atoms with E-state index in [-0.39, 0.29) is 0 Å². The van der Waals surface area contributed by atoms with Crippen molar-refractivity contribution in [3.05, 3.63) is 44.9 Å². The number of hydrogen-bond acceptors (Lipinski definition) is 1. The molecule has 0 aromatic heterocycles. The van der Waals surface area contributed by atoms with E-state index in [2.05, 4.69) is 22.0 Å². The highest BCUT2D eigenvalue weighted by Gasteiger charge is 2.19. The number of hydrogen-bond donors (Lipinski definition) is 1. The van der Waals surface area contributed by atoms with Gasteiger partial charge in [-0.05, 0) is 46.8 Å². The Morgan fingerprint density at radius 2 is 2.20 bits per heavy atom. The van der Waals surface area contributed by atoms with E-state index in [1.54, 1.807) is 0 Å². The van der Waals surface area contributed by atoms with Gasteiger partial charge in [0.2, 0.25) is 0 Å². The van der Waals surface area contributed by atoms with Crippen LogP contribution in [0.1, 0.15) is 30.9 Å². The molecule has 1 atom stereocenters. The molecular weight excluding hydrogens is 275 g/mol. The summed E-state index contributed by atoms with van der Waals surface area (Å²) in [5.41, 5.74) is 1.88. The fourth-order valence-electron chi connectivity index (χ4n) is 1.88. The summed E-state index contributed by atoms with van der Waals surface area (Å²) in [6, 6.07) is 5.64. The van der Waals surface area contributed by atoms with Gasteiger partial charge < -0.3 is 5.11 Å². The highest BCUT2D eigenvalue weighted by atomic mass is 79.9. The van der Waals surface area contributed by atoms with Gasteiger partial charge in [0.05, 0.1) is 5.02 Å². The largest absolute Gasteiger partial charge is 0.384 e. The molecular formula is C12H12BrClO. The van der Waals surface area contributed by atoms with Gasteiger partial charge in [-0.1, -0.05) is 29.8 Å². The van der Waals surface area contributed by atoms with Crippen molar-refractivity contribution in [1.29, 1.82) is 0 Å². The zero-order valence-corrected chi connectivity index (χ0v) is 10.6. The minimum absolute atomic E-state index is 0.544. The van der Waals surface area contributed by atoms with Crippen LogP contribution in [0.5, 0.6) is 0 Å². The van der Waals surface area contributed by atoms with Gasteiger partial charge in [-0.15, -0.1) is 0 Å². The summed E-state index contributed by atoms with van der Waals surface area (Å²) in [5.74, 6) is 0. The lowest BCUT2D eigenvalue weighted by Gasteiger charge is -2.14. The Balaban J connectivity index is 2.32. The summed E-state index contributed by atoms with van der Waals surface area (Å²) < 4.78 is 0.833. The van der Waals surface area contributed by atoms with Crippen molar-refractivity contribution in [3.8, 4) is 0 Å². The van der Waals surface area contributed by atoms with Crippen LogP contribution in [0.25, 0.3) is 0 Å². The SMILES string of the molecule is OC(C1=CCCC1)c1cccc(Br)c1Cl. The third kappa shape index (κ3) is 2.27. The zero-order chi connectivity index (χ0) is 10.8. The van der Waals surface area contributed by atoms with Crippen LogP contribution in [0.15, 0.2) is 34.3 Å². The molecule has 2 rings (SSSR count). The topological polar surface area (TPSA) is 20.2 Å². The molecule has 3 heteroatoms. The van der Waals surface area contributed by atoms with Gasteiger partial charge in [-0.2, -0.15) is 0 Å². The molecule has 1 aliphatic rings. The average molecular weight is 288 g/mol. The Labute approximate surface area is 103 Å². The predicted molar refractivity (Wildman–Crippen MR) is 66.0 cm³/mol. The molecule has 0 saturated heterocycles. The Morgan fingerprint density at radius 3 is 2.87 bits per heavy atom. The molecule has 1 nitrogen and oxygen atoms in total. The van der Waals surface area contributed by atoms with Crippen LogP contribution >= 0.6 is 27.5 Å². The summed E-state index contributed by atoms with van der Waals surface area (Å²) in [4.78, 5) is 0. The van der Waals surface area contributed by atoms with Crippen LogP contribution in [0.2, 0.25) is 5.02 Å². The number of allylic oxidation sites excluding steroid dienone is 1. The van der Waals surface area contributed by atoms with Gasteiger partial charge in [-0.3, -0.25) is 0 Å². The maximum absolute atomic E-state index is 10.2. The van der Waals surface area contributed by atoms with Gasteiger partial charge in [0.1, 0.15) is 6.10 Å². The van der Waals surface area contributed by atoms with Crippen LogP contribution in [0, 0.1) is 0 Å². The van der Waals surface area contributed by atoms with E-state index in [9.17, 15) is 5.11 Å². The molecule has 1 aliphatic carbocycles. The van der Waals surface area contributed by atoms with Crippen molar-refractivity contribution in [1.82, 2.24) is 0 Å². The molecule has 15 heavy (non-hydrogen) atoms. The molecule has 1 aromatic rings. The first-order chi connectivity index (χ1) is 7.20. The monoisotopic (exact) mass is 286 g/mol. The molecule has 0 bridgehead atoms. The van der Waals surface area contributed by atoms with Gasteiger partial charge in [-0.25, -0.2) is 0 Å². The first-order valence-corrected chi connectivity index (χ1v) is 6.18. The average Bonchev–Trinajstić information content (AvgIpc) is 2.74. The highest BCUT2D eigenvalue weighted by Crippen LogP contribution is 2.36. The molecule has 0 heterocycles. The van der Waals surface area contributed by atoms with Crippen LogP contribution in [-0.4, -0.2) is 5.11 Å². The Bertz CT molecular complexity index is 401. The fraction of sp³-hybridized carbons (Fsp3) is 0.333. The summed E-state index contributed by atoms with van der Waals surface area (Å²) in [6.07, 6.45) is 4.75. The van der Waals surface area contributed by atoms with Crippen molar-refractivity contribution in [3.63, 3.8) is 0 Å². The van der Waals surface area contributed by atoms with Crippen LogP contribution < -0.4 is 0 Å². The van der Waals surface area contributed by atoms with Crippen molar-refractivity contribution in [2.45, 2.75) is 25.4 Å². The van der Waals surface area contributed by atoms with Crippen LogP contribution in [0.4, 0.5) is 0 Å². The molecule has 0 saturated carbocycles. The van der Waals surface area contributed by atoms with Crippen molar-refractivity contribution >= 4 is 27.5 Å². The Kier molecular flexibility index (Phi) is 3.49. The molecule has 0 spiro atoms. The molecule has 0 amide bonds. The second kappa shape index (κ2) is 4.69. The summed E-state index contributed by atoms with van der Waals surface area (Å²) in [6.45, 7) is 0. The normalized spacial score (nSPS) is 17.7. The second-order valence-electron chi connectivity index (χ2n) is 3.72. The Morgan fingerprint density at radius 1 is 1.40 bits per heavy atom. The van der Waals surface area contributed by atoms with Crippen molar-refractivity contribution < 1.29 is 5.11 Å². The molecule has 0 fully saturated rings. The quantitative estimate of drug-likeness (QED) is 0.806. The van der Waals surface area contributed by atoms with E-state index < -0.39 is 6.10 Å². The van der Waals surface area contributed by atoms with E-state index in [4.69, 9.17) is 11.6 Å². The van der Waals surface area contributed by atoms with Gasteiger partial charge in [0.25, 0.3) is 0 Å². The maximum atomic E-state index is 10.2. The minimum Gasteiger partial charge on any atom is -0.384 e. The fourth-order valence-corrected chi connectivity index (χ4v) is 2.49. The molecule has 80 valence electrons. The smallest absolute Gasteiger partial charge is 0.102 e. The van der Waals surface area contributed by atoms with Crippen LogP contribution in [0.3, 0.4) is 0 Å². The maximum Gasteiger partial charge on any atom is 0.102 e. The number of aliphatic hydroxyl groups is 1. The molecule has 1 aromatic carbocycles. The lowest BCUT2D eigenvalue weighted by Crippen LogP contribution is -2.00. The van der Waals surface area contributed by atoms with E-state index in [0.29, 0.717) is 5.02 Å². The standard InChI is InChI=1S/C12H12BrClO/c13-10-7-3-6-9(11(10)14)12(15)8-4-1-2-5-8/h3-4,6-7,12,15H,1-2,5H2. The second-order valence-corrected chi connectivity index (χ2v) is 4.95.